The molecule has 0 spiro atoms. The summed E-state index contributed by atoms with van der Waals surface area (Å²) in [5, 5.41) is -0.370. The lowest BCUT2D eigenvalue weighted by atomic mass is 10.1. The van der Waals surface area contributed by atoms with Crippen LogP contribution in [0.15, 0.2) is 12.1 Å². The fraction of sp³-hybridized carbons (Fsp3) is 0.333. The molecule has 0 aliphatic rings. The highest BCUT2D eigenvalue weighted by molar-refractivity contribution is 8.13. The minimum absolute atomic E-state index is 0.109. The molecule has 102 valence electrons. The van der Waals surface area contributed by atoms with Crippen molar-refractivity contribution in [2.75, 3.05) is 7.11 Å². The Morgan fingerprint density at radius 3 is 2.28 bits per heavy atom. The number of rotatable bonds is 3. The van der Waals surface area contributed by atoms with Crippen LogP contribution in [0.3, 0.4) is 0 Å². The van der Waals surface area contributed by atoms with Gasteiger partial charge >= 0.3 is 6.18 Å². The van der Waals surface area contributed by atoms with Crippen LogP contribution in [-0.2, 0) is 21.0 Å². The van der Waals surface area contributed by atoms with Crippen molar-refractivity contribution in [1.82, 2.24) is 0 Å². The summed E-state index contributed by atoms with van der Waals surface area (Å²) in [6, 6.07) is 1.30. The lowest BCUT2D eigenvalue weighted by molar-refractivity contribution is -0.137. The lowest BCUT2D eigenvalue weighted by Crippen LogP contribution is -2.07. The van der Waals surface area contributed by atoms with E-state index in [0.717, 1.165) is 7.11 Å². The zero-order valence-corrected chi connectivity index (χ0v) is 11.2. The monoisotopic (exact) mass is 322 g/mol. The van der Waals surface area contributed by atoms with Crippen LogP contribution in [-0.4, -0.2) is 15.5 Å². The van der Waals surface area contributed by atoms with Crippen molar-refractivity contribution in [1.29, 1.82) is 0 Å². The minimum Gasteiger partial charge on any atom is -0.496 e. The van der Waals surface area contributed by atoms with Gasteiger partial charge in [0.2, 0.25) is 9.05 Å². The normalized spacial score (nSPS) is 12.6. The van der Waals surface area contributed by atoms with Crippen molar-refractivity contribution in [2.24, 2.45) is 0 Å². The summed E-state index contributed by atoms with van der Waals surface area (Å²) < 4.78 is 64.0. The second-order valence-electron chi connectivity index (χ2n) is 3.32. The molecule has 0 aliphatic carbocycles. The minimum atomic E-state index is -4.60. The zero-order chi connectivity index (χ0) is 14.1. The van der Waals surface area contributed by atoms with Crippen molar-refractivity contribution >= 4 is 31.3 Å². The molecule has 0 fully saturated rings. The highest BCUT2D eigenvalue weighted by Gasteiger charge is 2.32. The van der Waals surface area contributed by atoms with Gasteiger partial charge in [0, 0.05) is 21.3 Å². The summed E-state index contributed by atoms with van der Waals surface area (Å²) in [6.07, 6.45) is -4.60. The van der Waals surface area contributed by atoms with Crippen molar-refractivity contribution in [3.05, 3.63) is 28.3 Å². The Balaban J connectivity index is 3.38. The van der Waals surface area contributed by atoms with E-state index in [1.54, 1.807) is 0 Å². The molecule has 3 nitrogen and oxygen atoms in total. The molecule has 0 saturated heterocycles. The predicted molar refractivity (Wildman–Crippen MR) is 61.5 cm³/mol. The first-order chi connectivity index (χ1) is 8.04. The van der Waals surface area contributed by atoms with Gasteiger partial charge in [-0.2, -0.15) is 13.2 Å². The Kier molecular flexibility index (Phi) is 4.40. The number of benzene rings is 1. The topological polar surface area (TPSA) is 43.4 Å². The van der Waals surface area contributed by atoms with E-state index in [2.05, 4.69) is 0 Å². The quantitative estimate of drug-likeness (QED) is 0.801. The highest BCUT2D eigenvalue weighted by Crippen LogP contribution is 2.37. The molecular formula is C9H7Cl2F3O3S. The molecule has 1 rings (SSSR count). The molecule has 9 heteroatoms. The summed E-state index contributed by atoms with van der Waals surface area (Å²) in [5.41, 5.74) is -1.14. The third kappa shape index (κ3) is 3.93. The van der Waals surface area contributed by atoms with E-state index in [9.17, 15) is 21.6 Å². The van der Waals surface area contributed by atoms with Crippen LogP contribution < -0.4 is 4.74 Å². The average molecular weight is 323 g/mol. The van der Waals surface area contributed by atoms with Gasteiger partial charge in [0.1, 0.15) is 5.75 Å². The molecule has 0 unspecified atom stereocenters. The van der Waals surface area contributed by atoms with Crippen molar-refractivity contribution < 1.29 is 26.3 Å². The molecule has 0 bridgehead atoms. The van der Waals surface area contributed by atoms with E-state index in [1.165, 1.54) is 0 Å². The summed E-state index contributed by atoms with van der Waals surface area (Å²) >= 11 is 5.62. The van der Waals surface area contributed by atoms with E-state index >= 15 is 0 Å². The summed E-state index contributed by atoms with van der Waals surface area (Å²) in [5.74, 6) is -0.992. The van der Waals surface area contributed by atoms with Crippen LogP contribution in [0.2, 0.25) is 5.02 Å². The molecular weight excluding hydrogens is 316 g/mol. The van der Waals surface area contributed by atoms with Gasteiger partial charge in [-0.3, -0.25) is 0 Å². The van der Waals surface area contributed by atoms with Crippen LogP contribution in [0.1, 0.15) is 11.1 Å². The smallest absolute Gasteiger partial charge is 0.416 e. The maximum atomic E-state index is 12.5. The molecule has 1 aromatic rings. The Bertz CT molecular complexity index is 555. The lowest BCUT2D eigenvalue weighted by Gasteiger charge is -2.13. The van der Waals surface area contributed by atoms with Crippen molar-refractivity contribution in [3.8, 4) is 5.75 Å². The molecule has 0 saturated carbocycles. The second-order valence-corrected chi connectivity index (χ2v) is 6.50. The van der Waals surface area contributed by atoms with Crippen molar-refractivity contribution in [2.45, 2.75) is 11.9 Å². The molecule has 1 aromatic carbocycles. The Labute approximate surface area is 111 Å². The van der Waals surface area contributed by atoms with Crippen LogP contribution >= 0.6 is 22.3 Å². The fourth-order valence-electron chi connectivity index (χ4n) is 1.27. The number of hydrogen-bond acceptors (Lipinski definition) is 3. The van der Waals surface area contributed by atoms with Gasteiger partial charge in [-0.15, -0.1) is 0 Å². The molecule has 0 aromatic heterocycles. The fourth-order valence-corrected chi connectivity index (χ4v) is 2.60. The molecule has 18 heavy (non-hydrogen) atoms. The summed E-state index contributed by atoms with van der Waals surface area (Å²) in [6.45, 7) is 0. The highest BCUT2D eigenvalue weighted by atomic mass is 35.7. The van der Waals surface area contributed by atoms with Gasteiger partial charge in [0.15, 0.2) is 0 Å². The molecule has 0 heterocycles. The van der Waals surface area contributed by atoms with E-state index < -0.39 is 26.5 Å². The molecule has 0 atom stereocenters. The van der Waals surface area contributed by atoms with E-state index in [4.69, 9.17) is 27.0 Å². The molecule has 0 amide bonds. The maximum absolute atomic E-state index is 12.5. The number of halogens is 5. The van der Waals surface area contributed by atoms with Crippen LogP contribution in [0.4, 0.5) is 13.2 Å². The number of hydrogen-bond donors (Lipinski definition) is 0. The molecule has 0 N–H and O–H groups in total. The van der Waals surface area contributed by atoms with E-state index in [1.807, 2.05) is 0 Å². The first kappa shape index (κ1) is 15.4. The summed E-state index contributed by atoms with van der Waals surface area (Å²) in [4.78, 5) is 0. The molecule has 0 aliphatic heterocycles. The number of methoxy groups -OCH3 is 1. The van der Waals surface area contributed by atoms with E-state index in [-0.39, 0.29) is 16.3 Å². The second kappa shape index (κ2) is 5.14. The van der Waals surface area contributed by atoms with Gasteiger partial charge in [-0.05, 0) is 12.1 Å². The largest absolute Gasteiger partial charge is 0.496 e. The zero-order valence-electron chi connectivity index (χ0n) is 8.88. The number of alkyl halides is 3. The maximum Gasteiger partial charge on any atom is 0.416 e. The van der Waals surface area contributed by atoms with Crippen LogP contribution in [0.25, 0.3) is 0 Å². The summed E-state index contributed by atoms with van der Waals surface area (Å²) in [7, 11) is 2.19. The third-order valence-electron chi connectivity index (χ3n) is 2.02. The third-order valence-corrected chi connectivity index (χ3v) is 3.32. The average Bonchev–Trinajstić information content (AvgIpc) is 2.17. The first-order valence-corrected chi connectivity index (χ1v) is 7.26. The van der Waals surface area contributed by atoms with Crippen molar-refractivity contribution in [3.63, 3.8) is 0 Å². The van der Waals surface area contributed by atoms with Gasteiger partial charge < -0.3 is 4.74 Å². The van der Waals surface area contributed by atoms with Crippen LogP contribution in [0, 0.1) is 0 Å². The SMILES string of the molecule is COc1cc(C(F)(F)F)cc(Cl)c1CS(=O)(=O)Cl. The van der Waals surface area contributed by atoms with Gasteiger partial charge in [-0.1, -0.05) is 11.6 Å². The number of ether oxygens (including phenoxy) is 1. The van der Waals surface area contributed by atoms with Crippen LogP contribution in [0.5, 0.6) is 5.75 Å². The first-order valence-electron chi connectivity index (χ1n) is 4.40. The Hall–Kier alpha value is -0.660. The van der Waals surface area contributed by atoms with Gasteiger partial charge in [0.25, 0.3) is 0 Å². The Morgan fingerprint density at radius 2 is 1.89 bits per heavy atom. The standard InChI is InChI=1S/C9H7Cl2F3O3S/c1-17-8-3-5(9(12,13)14)2-7(10)6(8)4-18(11,15)16/h2-3H,4H2,1H3. The van der Waals surface area contributed by atoms with Gasteiger partial charge in [-0.25, -0.2) is 8.42 Å². The van der Waals surface area contributed by atoms with Gasteiger partial charge in [0.05, 0.1) is 18.4 Å². The Morgan fingerprint density at radius 1 is 1.33 bits per heavy atom. The predicted octanol–water partition coefficient (Wildman–Crippen LogP) is 3.44. The molecule has 0 radical (unpaired) electrons. The van der Waals surface area contributed by atoms with E-state index in [0.29, 0.717) is 12.1 Å².